The van der Waals surface area contributed by atoms with Gasteiger partial charge in [0.15, 0.2) is 0 Å². The molecule has 3 heterocycles. The van der Waals surface area contributed by atoms with Crippen LogP contribution in [0.4, 0.5) is 28.9 Å². The standard InChI is InChI=1S/C32H34F2N3O8S2.C26H26ClF2NO5S.C6H8N2O2S.B.2Na/c1-19(2)30-32(47(44,45)36-24-11-13-27(14-12-24)46(35,42)43)29(20-3-7-22(33)8-4-20)31(21-5-9-23(34)10-6-21)37(30)16-15-25(38)17-26(39)18-28(40)41;1-15(2)24-26(36(27,33)34)23(16-3-7-18(28)8-4-16)25(17-5-9-19(29)10-6-17)30(24)12-11-21-13-20(31)14-22(32)35-21;7-5-1-3-6(4-2-5)11(8,9)10;;;/h3-14,19,25-26,38-39H,15-18H2,1-2H3,(H,40,41)(H2,35,42,43);3-10,15,20-21,31H,11-14H2,1-2H3;1-4H,7H2,(H2,8,9,10);;;/q-1;;;;2*+1/p-1/t25-,26-;20-,21?;;;;/m11..../s1. The van der Waals surface area contributed by atoms with Gasteiger partial charge in [-0.1, -0.05) is 64.1 Å². The van der Waals surface area contributed by atoms with Crippen LogP contribution in [0.2, 0.25) is 0 Å². The number of nitrogens with zero attached hydrogens (tertiary/aromatic N) is 3. The fraction of sp³-hybridized carbons (Fsp3) is 0.281. The summed E-state index contributed by atoms with van der Waals surface area (Å²) in [5.74, 6) is -4.88. The first-order chi connectivity index (χ1) is 43.9. The summed E-state index contributed by atoms with van der Waals surface area (Å²) in [6, 6.07) is 31.6. The number of esters is 1. The number of aliphatic hydroxyl groups is 3. The summed E-state index contributed by atoms with van der Waals surface area (Å²) in [6.45, 7) is 7.30. The minimum absolute atomic E-state index is 0. The maximum absolute atomic E-state index is 14.3. The molecule has 4 atom stereocenters. The number of aliphatic hydroxyl groups excluding tert-OH is 3. The van der Waals surface area contributed by atoms with E-state index in [2.05, 4.69) is 4.72 Å². The molecule has 33 heteroatoms. The van der Waals surface area contributed by atoms with Crippen LogP contribution in [0.1, 0.15) is 89.4 Å². The number of halogens is 5. The van der Waals surface area contributed by atoms with Crippen LogP contribution in [-0.4, -0.2) is 103 Å². The second-order valence-electron chi connectivity index (χ2n) is 22.6. The van der Waals surface area contributed by atoms with E-state index in [0.717, 1.165) is 24.3 Å². The maximum Gasteiger partial charge on any atom is 1.00 e. The smallest absolute Gasteiger partial charge is 0.573 e. The third kappa shape index (κ3) is 22.3. The Hall–Kier alpha value is -5.91. The molecule has 1 unspecified atom stereocenters. The maximum atomic E-state index is 14.3. The quantitative estimate of drug-likeness (QED) is 0.0187. The first kappa shape index (κ1) is 83.5. The number of carboxylic acids is 1. The third-order valence-corrected chi connectivity index (χ3v) is 19.4. The van der Waals surface area contributed by atoms with Crippen molar-refractivity contribution in [1.82, 2.24) is 9.13 Å². The number of hydrogen-bond donors (Lipinski definition) is 6. The number of benzene rings is 6. The third-order valence-electron chi connectivity index (χ3n) is 14.8. The van der Waals surface area contributed by atoms with Crippen molar-refractivity contribution in [2.24, 2.45) is 10.3 Å². The number of anilines is 1. The Labute approximate surface area is 611 Å². The fourth-order valence-electron chi connectivity index (χ4n) is 10.8. The van der Waals surface area contributed by atoms with Crippen molar-refractivity contribution in [3.63, 3.8) is 0 Å². The minimum atomic E-state index is -4.63. The van der Waals surface area contributed by atoms with Gasteiger partial charge in [-0.3, -0.25) is 4.79 Å². The molecule has 1 saturated heterocycles. The first-order valence-electron chi connectivity index (χ1n) is 28.9. The number of aliphatic carboxylic acids is 1. The van der Waals surface area contributed by atoms with Gasteiger partial charge in [0.2, 0.25) is 20.0 Å². The van der Waals surface area contributed by atoms with Crippen LogP contribution in [-0.2, 0) is 66.5 Å². The molecule has 21 nitrogen and oxygen atoms in total. The molecule has 1 aliphatic heterocycles. The fourth-order valence-corrected chi connectivity index (χ4v) is 14.9. The van der Waals surface area contributed by atoms with E-state index in [1.54, 1.807) is 23.0 Å². The normalized spacial score (nSPS) is 14.7. The molecule has 1 fully saturated rings. The van der Waals surface area contributed by atoms with Crippen LogP contribution in [0.3, 0.4) is 0 Å². The van der Waals surface area contributed by atoms with Gasteiger partial charge in [-0.25, -0.2) is 61.5 Å². The van der Waals surface area contributed by atoms with Gasteiger partial charge in [-0.05, 0) is 156 Å². The predicted octanol–water partition coefficient (Wildman–Crippen LogP) is 3.06. The summed E-state index contributed by atoms with van der Waals surface area (Å²) in [5.41, 5.74) is 9.20. The van der Waals surface area contributed by atoms with Crippen LogP contribution < -0.4 is 80.2 Å². The minimum Gasteiger partial charge on any atom is -0.573 e. The molecule has 0 aliphatic carbocycles. The Morgan fingerprint density at radius 3 is 1.38 bits per heavy atom. The molecule has 8 aromatic rings. The van der Waals surface area contributed by atoms with E-state index in [1.807, 2.05) is 13.8 Å². The molecular weight excluding hydrogens is 1390 g/mol. The van der Waals surface area contributed by atoms with Gasteiger partial charge in [0.05, 0.1) is 50.8 Å². The number of cyclic esters (lactones) is 1. The van der Waals surface area contributed by atoms with Crippen molar-refractivity contribution in [2.45, 2.75) is 135 Å². The van der Waals surface area contributed by atoms with Crippen LogP contribution in [0, 0.1) is 23.3 Å². The van der Waals surface area contributed by atoms with Gasteiger partial charge in [0.1, 0.15) is 44.3 Å². The molecule has 9 N–H and O–H groups in total. The molecule has 0 amide bonds. The van der Waals surface area contributed by atoms with E-state index >= 15 is 0 Å². The Morgan fingerprint density at radius 2 is 1.00 bits per heavy atom. The summed E-state index contributed by atoms with van der Waals surface area (Å²) in [5, 5.41) is 51.6. The topological polar surface area (TPSA) is 366 Å². The Bertz CT molecular complexity index is 4490. The Kier molecular flexibility index (Phi) is 30.5. The average molecular weight is 1460 g/mol. The zero-order valence-corrected chi connectivity index (χ0v) is 61.4. The largest absolute Gasteiger partial charge is 1.00 e. The van der Waals surface area contributed by atoms with E-state index < -0.39 is 111 Å². The van der Waals surface area contributed by atoms with Crippen LogP contribution in [0.15, 0.2) is 165 Å². The summed E-state index contributed by atoms with van der Waals surface area (Å²) in [4.78, 5) is 22.2. The number of carbonyl (C=O) groups excluding carboxylic acids is 2. The van der Waals surface area contributed by atoms with E-state index in [-0.39, 0.29) is 160 Å². The molecule has 1 aliphatic rings. The number of aromatic nitrogens is 2. The SMILES string of the molecule is CC(C)c1c(S(=O)(=O)Cl)c(-c2ccc(F)cc2)c(-c2ccc(F)cc2)n1CCC1C[C@@H](O)CC(=O)O1.CC(C)c1c(S(=O)(=O)[N-]c2ccc(S(N)(=O)=O)cc2)c(-c2ccc(F)cc2)c(-c2ccc(F)cc2)n1CC[C@@H](O)C[C@@H](O)CC(=O)[O-].Nc1ccc(S(N)(=O)=O)cc1.[B].[Na+].[Na+]. The van der Waals surface area contributed by atoms with Gasteiger partial charge in [-0.2, -0.15) is 0 Å². The van der Waals surface area contributed by atoms with Gasteiger partial charge in [-0.15, -0.1) is 5.69 Å². The second-order valence-corrected chi connectivity index (χ2v) is 29.7. The van der Waals surface area contributed by atoms with E-state index in [4.69, 9.17) is 31.4 Å². The van der Waals surface area contributed by atoms with Crippen LogP contribution in [0.25, 0.3) is 49.5 Å². The number of nitrogens with two attached hydrogens (primary N) is 3. The molecule has 97 heavy (non-hydrogen) atoms. The molecule has 507 valence electrons. The van der Waals surface area contributed by atoms with Crippen molar-refractivity contribution >= 4 is 81.5 Å². The summed E-state index contributed by atoms with van der Waals surface area (Å²) < 4.78 is 168. The first-order valence-corrected chi connectivity index (χ1v) is 35.7. The van der Waals surface area contributed by atoms with Gasteiger partial charge >= 0.3 is 65.1 Å². The van der Waals surface area contributed by atoms with Crippen molar-refractivity contribution < 1.29 is 145 Å². The summed E-state index contributed by atoms with van der Waals surface area (Å²) >= 11 is 0. The van der Waals surface area contributed by atoms with Crippen molar-refractivity contribution in [3.8, 4) is 44.8 Å². The number of rotatable bonds is 22. The zero-order valence-electron chi connectivity index (χ0n) is 53.4. The number of carboxylic acid groups (broad SMARTS) is 1. The molecule has 0 saturated carbocycles. The molecule has 2 aromatic heterocycles. The van der Waals surface area contributed by atoms with E-state index in [9.17, 15) is 81.2 Å². The predicted molar refractivity (Wildman–Crippen MR) is 348 cm³/mol. The molecule has 9 rings (SSSR count). The van der Waals surface area contributed by atoms with Crippen LogP contribution >= 0.6 is 10.7 Å². The van der Waals surface area contributed by atoms with Gasteiger partial charge < -0.3 is 49.5 Å². The number of sulfonamides is 3. The van der Waals surface area contributed by atoms with E-state index in [1.165, 1.54) is 121 Å². The molecule has 0 bridgehead atoms. The van der Waals surface area contributed by atoms with Crippen molar-refractivity contribution in [3.05, 3.63) is 185 Å². The molecule has 6 aromatic carbocycles. The van der Waals surface area contributed by atoms with Crippen LogP contribution in [0.5, 0.6) is 0 Å². The molecule has 3 radical (unpaired) electrons. The number of ether oxygens (including phenoxy) is 1. The summed E-state index contributed by atoms with van der Waals surface area (Å²) in [6.07, 6.45) is -4.49. The number of carbonyl (C=O) groups is 2. The zero-order chi connectivity index (χ0) is 69.4. The van der Waals surface area contributed by atoms with Gasteiger partial charge in [0, 0.05) is 85.6 Å². The van der Waals surface area contributed by atoms with Crippen molar-refractivity contribution in [1.29, 1.82) is 0 Å². The number of hydrogen-bond acceptors (Lipinski definition) is 16. The Balaban J connectivity index is 0.000000353. The Morgan fingerprint density at radius 1 is 0.619 bits per heavy atom. The number of nitrogen functional groups attached to an aromatic ring is 1. The van der Waals surface area contributed by atoms with Gasteiger partial charge in [0.25, 0.3) is 9.05 Å². The van der Waals surface area contributed by atoms with E-state index in [0.29, 0.717) is 45.9 Å². The average Bonchev–Trinajstić information content (AvgIpc) is 1.59. The second kappa shape index (κ2) is 35.4. The number of primary sulfonamides is 2. The molecule has 0 spiro atoms. The summed E-state index contributed by atoms with van der Waals surface area (Å²) in [7, 11) is -10.6. The monoisotopic (exact) mass is 1460 g/mol. The molecular formula is C64H67BClF4N6Na2O15S4. The van der Waals surface area contributed by atoms with Crippen molar-refractivity contribution in [2.75, 3.05) is 5.73 Å².